The molecule has 0 bridgehead atoms. The van der Waals surface area contributed by atoms with Crippen LogP contribution in [-0.2, 0) is 11.3 Å². The van der Waals surface area contributed by atoms with Crippen molar-refractivity contribution in [2.45, 2.75) is 23.7 Å². The summed E-state index contributed by atoms with van der Waals surface area (Å²) in [6.07, 6.45) is 1.48. The molecule has 9 heteroatoms. The number of amides is 1. The third kappa shape index (κ3) is 5.42. The number of ether oxygens (including phenoxy) is 1. The molecule has 1 aromatic heterocycles. The average Bonchev–Trinajstić information content (AvgIpc) is 3.45. The molecule has 1 aliphatic rings. The lowest BCUT2D eigenvalue weighted by Gasteiger charge is -2.15. The second-order valence-corrected chi connectivity index (χ2v) is 9.18. The number of carbonyl (C=O) groups is 2. The topological polar surface area (TPSA) is 84.4 Å². The number of aromatic nitrogens is 2. The van der Waals surface area contributed by atoms with Crippen LogP contribution in [0.5, 0.6) is 5.75 Å². The van der Waals surface area contributed by atoms with Gasteiger partial charge in [-0.1, -0.05) is 35.2 Å². The summed E-state index contributed by atoms with van der Waals surface area (Å²) in [7, 11) is 1.64. The molecule has 0 aliphatic carbocycles. The Morgan fingerprint density at radius 3 is 2.61 bits per heavy atom. The molecular formula is C22H22N4O3S2. The van der Waals surface area contributed by atoms with E-state index >= 15 is 0 Å². The quantitative estimate of drug-likeness (QED) is 0.382. The summed E-state index contributed by atoms with van der Waals surface area (Å²) >= 11 is 2.80. The molecule has 0 unspecified atom stereocenters. The lowest BCUT2D eigenvalue weighted by Crippen LogP contribution is -2.23. The third-order valence-corrected chi connectivity index (χ3v) is 6.92. The Kier molecular flexibility index (Phi) is 6.83. The number of hydrogen-bond donors (Lipinski definition) is 1. The second kappa shape index (κ2) is 9.93. The van der Waals surface area contributed by atoms with Gasteiger partial charge in [-0.3, -0.25) is 9.59 Å². The maximum Gasteiger partial charge on any atom is 0.227 e. The van der Waals surface area contributed by atoms with E-state index in [9.17, 15) is 9.59 Å². The molecule has 0 spiro atoms. The molecule has 1 N–H and O–H groups in total. The third-order valence-electron chi connectivity index (χ3n) is 4.91. The van der Waals surface area contributed by atoms with Crippen LogP contribution in [0.3, 0.4) is 0 Å². The number of thioether (sulfide) groups is 1. The van der Waals surface area contributed by atoms with Crippen molar-refractivity contribution in [2.24, 2.45) is 0 Å². The van der Waals surface area contributed by atoms with Gasteiger partial charge in [-0.2, -0.15) is 0 Å². The molecule has 160 valence electrons. The Morgan fingerprint density at radius 1 is 1.16 bits per heavy atom. The number of hydrogen-bond acceptors (Lipinski definition) is 8. The van der Waals surface area contributed by atoms with Gasteiger partial charge >= 0.3 is 0 Å². The highest BCUT2D eigenvalue weighted by Gasteiger charge is 2.21. The molecule has 2 aromatic carbocycles. The Morgan fingerprint density at radius 2 is 1.94 bits per heavy atom. The van der Waals surface area contributed by atoms with Crippen molar-refractivity contribution in [1.82, 2.24) is 10.2 Å². The van der Waals surface area contributed by atoms with Crippen molar-refractivity contribution < 1.29 is 14.3 Å². The molecule has 7 nitrogen and oxygen atoms in total. The summed E-state index contributed by atoms with van der Waals surface area (Å²) in [5.74, 6) is 1.27. The van der Waals surface area contributed by atoms with Gasteiger partial charge in [0.05, 0.1) is 12.9 Å². The Hall–Kier alpha value is -2.91. The first-order valence-electron chi connectivity index (χ1n) is 9.89. The largest absolute Gasteiger partial charge is 0.497 e. The monoisotopic (exact) mass is 454 g/mol. The van der Waals surface area contributed by atoms with E-state index in [1.54, 1.807) is 24.1 Å². The molecule has 0 saturated carbocycles. The van der Waals surface area contributed by atoms with Crippen LogP contribution in [0.2, 0.25) is 0 Å². The zero-order valence-corrected chi connectivity index (χ0v) is 18.7. The summed E-state index contributed by atoms with van der Waals surface area (Å²) in [6, 6.07) is 15.1. The lowest BCUT2D eigenvalue weighted by molar-refractivity contribution is -0.117. The van der Waals surface area contributed by atoms with Gasteiger partial charge in [-0.15, -0.1) is 10.2 Å². The van der Waals surface area contributed by atoms with Crippen molar-refractivity contribution in [1.29, 1.82) is 0 Å². The highest BCUT2D eigenvalue weighted by atomic mass is 32.2. The van der Waals surface area contributed by atoms with Gasteiger partial charge in [0, 0.05) is 30.8 Å². The van der Waals surface area contributed by atoms with E-state index in [1.165, 1.54) is 23.1 Å². The van der Waals surface area contributed by atoms with Crippen LogP contribution in [0, 0.1) is 0 Å². The number of ketones is 1. The molecule has 1 fully saturated rings. The highest BCUT2D eigenvalue weighted by Crippen LogP contribution is 2.27. The predicted molar refractivity (Wildman–Crippen MR) is 123 cm³/mol. The van der Waals surface area contributed by atoms with Crippen LogP contribution in [0.1, 0.15) is 28.8 Å². The molecule has 4 rings (SSSR count). The molecule has 2 heterocycles. The summed E-state index contributed by atoms with van der Waals surface area (Å²) in [4.78, 5) is 26.1. The van der Waals surface area contributed by atoms with Gasteiger partial charge < -0.3 is 15.0 Å². The van der Waals surface area contributed by atoms with E-state index in [1.807, 2.05) is 36.4 Å². The minimum Gasteiger partial charge on any atom is -0.497 e. The van der Waals surface area contributed by atoms with Crippen molar-refractivity contribution in [3.8, 4) is 5.75 Å². The maximum atomic E-state index is 12.5. The molecule has 1 amide bonds. The number of anilines is 2. The molecule has 0 radical (unpaired) electrons. The number of benzene rings is 2. The number of methoxy groups -OCH3 is 1. The Labute approximate surface area is 188 Å². The zero-order chi connectivity index (χ0) is 21.6. The van der Waals surface area contributed by atoms with E-state index in [2.05, 4.69) is 15.5 Å². The second-order valence-electron chi connectivity index (χ2n) is 6.98. The molecule has 3 aromatic rings. The molecule has 1 aliphatic heterocycles. The lowest BCUT2D eigenvalue weighted by atomic mass is 10.1. The fourth-order valence-corrected chi connectivity index (χ4v) is 4.86. The summed E-state index contributed by atoms with van der Waals surface area (Å²) in [5.41, 5.74) is 2.59. The number of nitrogens with one attached hydrogen (secondary N) is 1. The first-order chi connectivity index (χ1) is 15.1. The average molecular weight is 455 g/mol. The minimum absolute atomic E-state index is 0.0206. The van der Waals surface area contributed by atoms with E-state index < -0.39 is 0 Å². The van der Waals surface area contributed by atoms with Gasteiger partial charge in [-0.05, 0) is 48.4 Å². The fraction of sp³-hybridized carbons (Fsp3) is 0.273. The van der Waals surface area contributed by atoms with Gasteiger partial charge in [0.2, 0.25) is 11.0 Å². The summed E-state index contributed by atoms with van der Waals surface area (Å²) in [5, 5.41) is 12.3. The molecule has 0 atom stereocenters. The zero-order valence-electron chi connectivity index (χ0n) is 17.0. The first kappa shape index (κ1) is 21.3. The van der Waals surface area contributed by atoms with E-state index in [0.29, 0.717) is 23.7 Å². The van der Waals surface area contributed by atoms with Crippen LogP contribution in [0.4, 0.5) is 10.8 Å². The number of nitrogens with zero attached hydrogens (tertiary/aromatic N) is 3. The van der Waals surface area contributed by atoms with E-state index in [0.717, 1.165) is 34.3 Å². The van der Waals surface area contributed by atoms with Crippen LogP contribution in [0.15, 0.2) is 52.9 Å². The normalized spacial score (nSPS) is 13.5. The fourth-order valence-electron chi connectivity index (χ4n) is 3.22. The predicted octanol–water partition coefficient (Wildman–Crippen LogP) is 4.26. The SMILES string of the molecule is COc1ccc(CNc2nnc(SCC(=O)c3ccc(N4CCCC4=O)cc3)s2)cc1. The first-order valence-corrected chi connectivity index (χ1v) is 11.7. The van der Waals surface area contributed by atoms with Gasteiger partial charge in [-0.25, -0.2) is 0 Å². The van der Waals surface area contributed by atoms with Crippen LogP contribution in [0.25, 0.3) is 0 Å². The minimum atomic E-state index is 0.0206. The number of Topliss-reactive ketones (excluding diaryl/α,β-unsaturated/α-hetero) is 1. The number of rotatable bonds is 9. The summed E-state index contributed by atoms with van der Waals surface area (Å²) < 4.78 is 5.90. The Balaban J connectivity index is 1.26. The van der Waals surface area contributed by atoms with Gasteiger partial charge in [0.1, 0.15) is 5.75 Å². The summed E-state index contributed by atoms with van der Waals surface area (Å²) in [6.45, 7) is 1.38. The van der Waals surface area contributed by atoms with Crippen LogP contribution >= 0.6 is 23.1 Å². The van der Waals surface area contributed by atoms with E-state index in [-0.39, 0.29) is 17.4 Å². The molecular weight excluding hydrogens is 432 g/mol. The van der Waals surface area contributed by atoms with Crippen molar-refractivity contribution in [3.63, 3.8) is 0 Å². The molecule has 31 heavy (non-hydrogen) atoms. The highest BCUT2D eigenvalue weighted by molar-refractivity contribution is 8.01. The maximum absolute atomic E-state index is 12.5. The van der Waals surface area contributed by atoms with Crippen LogP contribution < -0.4 is 15.0 Å². The Bertz CT molecular complexity index is 1050. The van der Waals surface area contributed by atoms with Gasteiger partial charge in [0.15, 0.2) is 10.1 Å². The number of carbonyl (C=O) groups excluding carboxylic acids is 2. The van der Waals surface area contributed by atoms with Crippen molar-refractivity contribution in [3.05, 3.63) is 59.7 Å². The van der Waals surface area contributed by atoms with Crippen molar-refractivity contribution in [2.75, 3.05) is 29.6 Å². The van der Waals surface area contributed by atoms with Crippen LogP contribution in [-0.4, -0.2) is 41.3 Å². The standard InChI is InChI=1S/C22H22N4O3S2/c1-29-18-10-4-15(5-11-18)13-23-21-24-25-22(31-21)30-14-19(27)16-6-8-17(9-7-16)26-12-2-3-20(26)28/h4-11H,2-3,12-14H2,1H3,(H,23,24). The van der Waals surface area contributed by atoms with Gasteiger partial charge in [0.25, 0.3) is 0 Å². The molecule has 1 saturated heterocycles. The smallest absolute Gasteiger partial charge is 0.227 e. The van der Waals surface area contributed by atoms with E-state index in [4.69, 9.17) is 4.74 Å². The van der Waals surface area contributed by atoms with Crippen molar-refractivity contribution >= 4 is 45.6 Å².